The SMILES string of the molecule is COC1=CC(=O)C2(C(=O)N(C(=O)OC(C)(C)C)c3ccccc32)[C@H](c2cccc3ccccc23)[C@H]1C. The maximum atomic E-state index is 14.5. The molecule has 0 N–H and O–H groups in total. The van der Waals surface area contributed by atoms with Crippen molar-refractivity contribution in [2.75, 3.05) is 12.0 Å². The number of benzene rings is 3. The Kier molecular flexibility index (Phi) is 5.51. The lowest BCUT2D eigenvalue weighted by molar-refractivity contribution is -0.134. The quantitative estimate of drug-likeness (QED) is 0.425. The molecule has 184 valence electrons. The maximum Gasteiger partial charge on any atom is 0.421 e. The van der Waals surface area contributed by atoms with Crippen LogP contribution in [0.15, 0.2) is 78.6 Å². The van der Waals surface area contributed by atoms with Gasteiger partial charge in [-0.15, -0.1) is 0 Å². The minimum absolute atomic E-state index is 0.325. The minimum atomic E-state index is -1.64. The zero-order valence-electron chi connectivity index (χ0n) is 21.1. The van der Waals surface area contributed by atoms with Gasteiger partial charge in [-0.1, -0.05) is 67.6 Å². The third-order valence-corrected chi connectivity index (χ3v) is 7.16. The molecule has 0 bridgehead atoms. The van der Waals surface area contributed by atoms with Crippen molar-refractivity contribution in [3.63, 3.8) is 0 Å². The number of hydrogen-bond donors (Lipinski definition) is 0. The Bertz CT molecular complexity index is 1430. The van der Waals surface area contributed by atoms with Crippen molar-refractivity contribution in [2.24, 2.45) is 5.92 Å². The topological polar surface area (TPSA) is 72.9 Å². The van der Waals surface area contributed by atoms with Crippen LogP contribution in [0, 0.1) is 5.92 Å². The summed E-state index contributed by atoms with van der Waals surface area (Å²) in [6.45, 7) is 7.19. The Balaban J connectivity index is 1.82. The summed E-state index contributed by atoms with van der Waals surface area (Å²) in [5, 5.41) is 1.95. The van der Waals surface area contributed by atoms with Gasteiger partial charge in [0.1, 0.15) is 16.8 Å². The van der Waals surface area contributed by atoms with E-state index in [2.05, 4.69) is 0 Å². The molecule has 0 fully saturated rings. The van der Waals surface area contributed by atoms with Crippen LogP contribution in [0.25, 0.3) is 10.8 Å². The molecular formula is C30H29NO5. The number of rotatable bonds is 2. The highest BCUT2D eigenvalue weighted by atomic mass is 16.6. The van der Waals surface area contributed by atoms with Crippen LogP contribution >= 0.6 is 0 Å². The molecular weight excluding hydrogens is 454 g/mol. The van der Waals surface area contributed by atoms with Crippen LogP contribution in [0.4, 0.5) is 10.5 Å². The number of carbonyl (C=O) groups is 3. The number of amides is 2. The van der Waals surface area contributed by atoms with E-state index in [0.29, 0.717) is 17.0 Å². The second-order valence-electron chi connectivity index (χ2n) is 10.4. The number of fused-ring (bicyclic) bond motifs is 3. The van der Waals surface area contributed by atoms with Crippen molar-refractivity contribution in [3.05, 3.63) is 89.7 Å². The summed E-state index contributed by atoms with van der Waals surface area (Å²) < 4.78 is 11.2. The second kappa shape index (κ2) is 8.33. The van der Waals surface area contributed by atoms with E-state index in [1.165, 1.54) is 13.2 Å². The van der Waals surface area contributed by atoms with Gasteiger partial charge in [0.2, 0.25) is 0 Å². The largest absolute Gasteiger partial charge is 0.501 e. The van der Waals surface area contributed by atoms with E-state index >= 15 is 0 Å². The van der Waals surface area contributed by atoms with Crippen LogP contribution in [-0.2, 0) is 24.5 Å². The molecule has 5 rings (SSSR count). The second-order valence-corrected chi connectivity index (χ2v) is 10.4. The van der Waals surface area contributed by atoms with Crippen LogP contribution in [0.2, 0.25) is 0 Å². The average Bonchev–Trinajstić information content (AvgIpc) is 3.09. The number of ketones is 1. The molecule has 6 heteroatoms. The first-order valence-electron chi connectivity index (χ1n) is 12.1. The fourth-order valence-corrected chi connectivity index (χ4v) is 5.77. The van der Waals surface area contributed by atoms with Crippen LogP contribution < -0.4 is 4.90 Å². The molecule has 36 heavy (non-hydrogen) atoms. The van der Waals surface area contributed by atoms with Crippen LogP contribution in [0.1, 0.15) is 44.7 Å². The monoisotopic (exact) mass is 483 g/mol. The average molecular weight is 484 g/mol. The van der Waals surface area contributed by atoms with Gasteiger partial charge in [-0.2, -0.15) is 0 Å². The van der Waals surface area contributed by atoms with Crippen molar-refractivity contribution >= 4 is 34.2 Å². The molecule has 0 radical (unpaired) electrons. The minimum Gasteiger partial charge on any atom is -0.501 e. The van der Waals surface area contributed by atoms with Crippen LogP contribution in [0.5, 0.6) is 0 Å². The first-order valence-corrected chi connectivity index (χ1v) is 12.1. The molecule has 2 aliphatic rings. The number of ether oxygens (including phenoxy) is 2. The summed E-state index contributed by atoms with van der Waals surface area (Å²) in [6, 6.07) is 20.8. The Labute approximate surface area is 210 Å². The zero-order chi connectivity index (χ0) is 25.8. The first-order chi connectivity index (χ1) is 17.1. The highest BCUT2D eigenvalue weighted by Gasteiger charge is 2.65. The molecule has 0 saturated carbocycles. The number of para-hydroxylation sites is 1. The number of allylic oxidation sites excluding steroid dienone is 2. The van der Waals surface area contributed by atoms with E-state index in [-0.39, 0.29) is 5.92 Å². The molecule has 0 aromatic heterocycles. The predicted molar refractivity (Wildman–Crippen MR) is 138 cm³/mol. The van der Waals surface area contributed by atoms with Crippen molar-refractivity contribution < 1.29 is 23.9 Å². The molecule has 1 spiro atoms. The number of carbonyl (C=O) groups excluding carboxylic acids is 3. The maximum absolute atomic E-state index is 14.5. The number of methoxy groups -OCH3 is 1. The normalized spacial score (nSPS) is 23.6. The molecule has 3 aromatic rings. The molecule has 2 amide bonds. The Hall–Kier alpha value is -3.93. The van der Waals surface area contributed by atoms with Crippen molar-refractivity contribution in [1.82, 2.24) is 0 Å². The molecule has 3 aromatic carbocycles. The summed E-state index contributed by atoms with van der Waals surface area (Å²) in [5.74, 6) is -1.44. The van der Waals surface area contributed by atoms with Gasteiger partial charge in [0.05, 0.1) is 12.8 Å². The Morgan fingerprint density at radius 2 is 1.61 bits per heavy atom. The van der Waals surface area contributed by atoms with Gasteiger partial charge in [-0.05, 0) is 43.2 Å². The molecule has 6 nitrogen and oxygen atoms in total. The number of anilines is 1. The van der Waals surface area contributed by atoms with Crippen molar-refractivity contribution in [3.8, 4) is 0 Å². The zero-order valence-corrected chi connectivity index (χ0v) is 21.1. The number of nitrogens with zero attached hydrogens (tertiary/aromatic N) is 1. The van der Waals surface area contributed by atoms with Crippen molar-refractivity contribution in [1.29, 1.82) is 0 Å². The summed E-state index contributed by atoms with van der Waals surface area (Å²) in [7, 11) is 1.53. The molecule has 0 saturated heterocycles. The predicted octanol–water partition coefficient (Wildman–Crippen LogP) is 5.89. The third kappa shape index (κ3) is 3.35. The van der Waals surface area contributed by atoms with Gasteiger partial charge in [0, 0.05) is 23.5 Å². The van der Waals surface area contributed by atoms with E-state index in [0.717, 1.165) is 21.2 Å². The number of imide groups is 1. The summed E-state index contributed by atoms with van der Waals surface area (Å²) in [6.07, 6.45) is 0.620. The third-order valence-electron chi connectivity index (χ3n) is 7.16. The summed E-state index contributed by atoms with van der Waals surface area (Å²) in [5.41, 5.74) is -0.729. The van der Waals surface area contributed by atoms with Gasteiger partial charge < -0.3 is 9.47 Å². The van der Waals surface area contributed by atoms with Gasteiger partial charge in [-0.3, -0.25) is 9.59 Å². The fraction of sp³-hybridized carbons (Fsp3) is 0.300. The van der Waals surface area contributed by atoms with Crippen LogP contribution in [-0.4, -0.2) is 30.5 Å². The van der Waals surface area contributed by atoms with Crippen molar-refractivity contribution in [2.45, 2.75) is 44.6 Å². The van der Waals surface area contributed by atoms with Gasteiger partial charge in [0.15, 0.2) is 5.78 Å². The van der Waals surface area contributed by atoms with E-state index in [1.54, 1.807) is 45.0 Å². The van der Waals surface area contributed by atoms with E-state index in [9.17, 15) is 14.4 Å². The standard InChI is InChI=1S/C30H29NO5/c1-18-24(35-5)17-25(32)30(26(18)21-14-10-12-19-11-6-7-13-20(19)21)22-15-8-9-16-23(22)31(27(30)33)28(34)36-29(2,3)4/h6-18,26H,1-5H3/t18-,26-,30?/m0/s1. The first kappa shape index (κ1) is 23.8. The summed E-state index contributed by atoms with van der Waals surface area (Å²) in [4.78, 5) is 43.0. The Morgan fingerprint density at radius 3 is 2.33 bits per heavy atom. The summed E-state index contributed by atoms with van der Waals surface area (Å²) >= 11 is 0. The van der Waals surface area contributed by atoms with E-state index in [4.69, 9.17) is 9.47 Å². The van der Waals surface area contributed by atoms with Gasteiger partial charge in [0.25, 0.3) is 5.91 Å². The fourth-order valence-electron chi connectivity index (χ4n) is 5.77. The lowest BCUT2D eigenvalue weighted by Crippen LogP contribution is -2.55. The lowest BCUT2D eigenvalue weighted by Gasteiger charge is -2.42. The Morgan fingerprint density at radius 1 is 0.944 bits per heavy atom. The molecule has 3 atom stereocenters. The smallest absolute Gasteiger partial charge is 0.421 e. The molecule has 1 unspecified atom stereocenters. The van der Waals surface area contributed by atoms with Gasteiger partial charge >= 0.3 is 6.09 Å². The molecule has 1 aliphatic carbocycles. The van der Waals surface area contributed by atoms with Crippen LogP contribution in [0.3, 0.4) is 0 Å². The van der Waals surface area contributed by atoms with E-state index < -0.39 is 34.7 Å². The highest BCUT2D eigenvalue weighted by Crippen LogP contribution is 2.57. The van der Waals surface area contributed by atoms with Gasteiger partial charge in [-0.25, -0.2) is 9.69 Å². The number of hydrogen-bond acceptors (Lipinski definition) is 5. The van der Waals surface area contributed by atoms with E-state index in [1.807, 2.05) is 49.4 Å². The highest BCUT2D eigenvalue weighted by molar-refractivity contribution is 6.32. The lowest BCUT2D eigenvalue weighted by atomic mass is 9.58. The molecule has 1 heterocycles. The molecule has 1 aliphatic heterocycles.